The van der Waals surface area contributed by atoms with E-state index in [9.17, 15) is 4.79 Å². The summed E-state index contributed by atoms with van der Waals surface area (Å²) in [5, 5.41) is 3.15. The molecule has 4 nitrogen and oxygen atoms in total. The van der Waals surface area contributed by atoms with Crippen LogP contribution in [0.1, 0.15) is 24.0 Å². The Hall–Kier alpha value is -1.39. The van der Waals surface area contributed by atoms with Gasteiger partial charge < -0.3 is 15.8 Å². The highest BCUT2D eigenvalue weighted by molar-refractivity contribution is 5.81. The molecule has 0 aromatic heterocycles. The van der Waals surface area contributed by atoms with Gasteiger partial charge in [0.05, 0.1) is 12.1 Å². The monoisotopic (exact) mass is 286 g/mol. The Kier molecular flexibility index (Phi) is 3.23. The molecule has 1 amide bonds. The summed E-state index contributed by atoms with van der Waals surface area (Å²) in [4.78, 5) is 12.5. The van der Waals surface area contributed by atoms with Crippen LogP contribution in [0.25, 0.3) is 0 Å². The highest BCUT2D eigenvalue weighted by Gasteiger charge is 2.51. The number of benzene rings is 1. The minimum atomic E-state index is 0.00603. The summed E-state index contributed by atoms with van der Waals surface area (Å²) in [7, 11) is 0. The average molecular weight is 286 g/mol. The second kappa shape index (κ2) is 5.11. The normalized spacial score (nSPS) is 34.7. The maximum absolute atomic E-state index is 12.5. The van der Waals surface area contributed by atoms with E-state index in [1.807, 2.05) is 12.1 Å². The minimum absolute atomic E-state index is 0.00603. The molecule has 3 aliphatic rings. The second-order valence-electron chi connectivity index (χ2n) is 6.63. The van der Waals surface area contributed by atoms with Gasteiger partial charge in [0.1, 0.15) is 0 Å². The van der Waals surface area contributed by atoms with Gasteiger partial charge in [0.25, 0.3) is 0 Å². The molecular formula is C17H22N2O2. The fourth-order valence-electron chi connectivity index (χ4n) is 4.15. The first-order valence-corrected chi connectivity index (χ1v) is 7.98. The first-order valence-electron chi connectivity index (χ1n) is 7.98. The summed E-state index contributed by atoms with van der Waals surface area (Å²) < 4.78 is 5.79. The Morgan fingerprint density at radius 1 is 1.24 bits per heavy atom. The number of rotatable bonds is 2. The standard InChI is InChI=1S/C17H22N2O2/c18-14-13-6-3-7-21-16(13)15(14)19-17(20)12-8-10-4-1-2-5-11(10)9-12/h1-2,4-5,12-16H,3,6-9,18H2,(H,19,20). The molecule has 1 saturated heterocycles. The molecule has 4 unspecified atom stereocenters. The topological polar surface area (TPSA) is 64.3 Å². The van der Waals surface area contributed by atoms with Gasteiger partial charge >= 0.3 is 0 Å². The molecule has 1 aliphatic heterocycles. The molecule has 1 aromatic carbocycles. The third-order valence-corrected chi connectivity index (χ3v) is 5.41. The molecule has 112 valence electrons. The van der Waals surface area contributed by atoms with Gasteiger partial charge in [-0.2, -0.15) is 0 Å². The fraction of sp³-hybridized carbons (Fsp3) is 0.588. The van der Waals surface area contributed by atoms with Crippen LogP contribution >= 0.6 is 0 Å². The smallest absolute Gasteiger partial charge is 0.224 e. The van der Waals surface area contributed by atoms with Crippen molar-refractivity contribution < 1.29 is 9.53 Å². The third kappa shape index (κ3) is 2.17. The lowest BCUT2D eigenvalue weighted by Crippen LogP contribution is -2.72. The number of nitrogens with two attached hydrogens (primary N) is 1. The molecule has 0 radical (unpaired) electrons. The van der Waals surface area contributed by atoms with Gasteiger partial charge in [0, 0.05) is 24.5 Å². The van der Waals surface area contributed by atoms with E-state index in [4.69, 9.17) is 10.5 Å². The summed E-state index contributed by atoms with van der Waals surface area (Å²) in [5.41, 5.74) is 8.83. The zero-order chi connectivity index (χ0) is 14.4. The molecular weight excluding hydrogens is 264 g/mol. The van der Waals surface area contributed by atoms with Crippen molar-refractivity contribution in [1.29, 1.82) is 0 Å². The van der Waals surface area contributed by atoms with Gasteiger partial charge in [-0.1, -0.05) is 24.3 Å². The summed E-state index contributed by atoms with van der Waals surface area (Å²) >= 11 is 0. The van der Waals surface area contributed by atoms with Crippen molar-refractivity contribution in [1.82, 2.24) is 5.32 Å². The van der Waals surface area contributed by atoms with Gasteiger partial charge in [-0.25, -0.2) is 0 Å². The summed E-state index contributed by atoms with van der Waals surface area (Å²) in [5.74, 6) is 0.626. The Labute approximate surface area is 125 Å². The van der Waals surface area contributed by atoms with E-state index in [0.717, 1.165) is 32.3 Å². The van der Waals surface area contributed by atoms with Crippen molar-refractivity contribution in [2.45, 2.75) is 43.9 Å². The molecule has 1 heterocycles. The molecule has 21 heavy (non-hydrogen) atoms. The molecule has 1 saturated carbocycles. The number of ether oxygens (including phenoxy) is 1. The van der Waals surface area contributed by atoms with Crippen LogP contribution in [0, 0.1) is 11.8 Å². The lowest BCUT2D eigenvalue weighted by Gasteiger charge is -2.52. The summed E-state index contributed by atoms with van der Waals surface area (Å²) in [6.45, 7) is 0.801. The van der Waals surface area contributed by atoms with E-state index in [-0.39, 0.29) is 30.0 Å². The summed E-state index contributed by atoms with van der Waals surface area (Å²) in [6, 6.07) is 8.40. The molecule has 2 fully saturated rings. The maximum Gasteiger partial charge on any atom is 0.224 e. The molecule has 0 spiro atoms. The number of carbonyl (C=O) groups excluding carboxylic acids is 1. The van der Waals surface area contributed by atoms with Crippen molar-refractivity contribution in [2.75, 3.05) is 6.61 Å². The van der Waals surface area contributed by atoms with Crippen LogP contribution in [-0.4, -0.2) is 30.7 Å². The molecule has 2 aliphatic carbocycles. The number of amides is 1. The van der Waals surface area contributed by atoms with Gasteiger partial charge in [-0.3, -0.25) is 4.79 Å². The van der Waals surface area contributed by atoms with Crippen molar-refractivity contribution in [3.05, 3.63) is 35.4 Å². The van der Waals surface area contributed by atoms with Crippen molar-refractivity contribution in [3.63, 3.8) is 0 Å². The first kappa shape index (κ1) is 13.3. The van der Waals surface area contributed by atoms with Gasteiger partial charge in [0.15, 0.2) is 0 Å². The average Bonchev–Trinajstić information content (AvgIpc) is 2.96. The minimum Gasteiger partial charge on any atom is -0.376 e. The van der Waals surface area contributed by atoms with Crippen LogP contribution in [-0.2, 0) is 22.4 Å². The van der Waals surface area contributed by atoms with E-state index in [2.05, 4.69) is 17.4 Å². The Morgan fingerprint density at radius 2 is 1.95 bits per heavy atom. The van der Waals surface area contributed by atoms with Crippen molar-refractivity contribution >= 4 is 5.91 Å². The largest absolute Gasteiger partial charge is 0.376 e. The van der Waals surface area contributed by atoms with Crippen LogP contribution < -0.4 is 11.1 Å². The predicted molar refractivity (Wildman–Crippen MR) is 79.7 cm³/mol. The zero-order valence-electron chi connectivity index (χ0n) is 12.1. The fourth-order valence-corrected chi connectivity index (χ4v) is 4.15. The zero-order valence-corrected chi connectivity index (χ0v) is 12.1. The first-order chi connectivity index (χ1) is 10.2. The molecule has 4 rings (SSSR count). The maximum atomic E-state index is 12.5. The predicted octanol–water partition coefficient (Wildman–Crippen LogP) is 1.02. The van der Waals surface area contributed by atoms with Gasteiger partial charge in [-0.15, -0.1) is 0 Å². The van der Waals surface area contributed by atoms with E-state index in [1.54, 1.807) is 0 Å². The van der Waals surface area contributed by atoms with E-state index in [0.29, 0.717) is 5.92 Å². The molecule has 3 N–H and O–H groups in total. The highest BCUT2D eigenvalue weighted by atomic mass is 16.5. The SMILES string of the molecule is NC1C2CCCOC2C1NC(=O)C1Cc2ccccc2C1. The van der Waals surface area contributed by atoms with Crippen LogP contribution in [0.5, 0.6) is 0 Å². The van der Waals surface area contributed by atoms with E-state index in [1.165, 1.54) is 11.1 Å². The van der Waals surface area contributed by atoms with Gasteiger partial charge in [0.2, 0.25) is 5.91 Å². The second-order valence-corrected chi connectivity index (χ2v) is 6.63. The van der Waals surface area contributed by atoms with E-state index < -0.39 is 0 Å². The van der Waals surface area contributed by atoms with Gasteiger partial charge in [-0.05, 0) is 36.8 Å². The number of carbonyl (C=O) groups is 1. The summed E-state index contributed by atoms with van der Waals surface area (Å²) in [6.07, 6.45) is 4.06. The number of fused-ring (bicyclic) bond motifs is 2. The van der Waals surface area contributed by atoms with Crippen LogP contribution in [0.3, 0.4) is 0 Å². The number of hydrogen-bond acceptors (Lipinski definition) is 3. The van der Waals surface area contributed by atoms with Crippen molar-refractivity contribution in [3.8, 4) is 0 Å². The van der Waals surface area contributed by atoms with Crippen LogP contribution in [0.4, 0.5) is 0 Å². The quantitative estimate of drug-likeness (QED) is 0.853. The molecule has 1 aromatic rings. The number of hydrogen-bond donors (Lipinski definition) is 2. The third-order valence-electron chi connectivity index (χ3n) is 5.41. The van der Waals surface area contributed by atoms with Crippen LogP contribution in [0.15, 0.2) is 24.3 Å². The van der Waals surface area contributed by atoms with Crippen molar-refractivity contribution in [2.24, 2.45) is 17.6 Å². The lowest BCUT2D eigenvalue weighted by atomic mass is 9.68. The lowest BCUT2D eigenvalue weighted by molar-refractivity contribution is -0.141. The molecule has 4 atom stereocenters. The Balaban J connectivity index is 1.39. The van der Waals surface area contributed by atoms with E-state index >= 15 is 0 Å². The molecule has 0 bridgehead atoms. The number of nitrogens with one attached hydrogen (secondary N) is 1. The molecule has 4 heteroatoms. The highest BCUT2D eigenvalue weighted by Crippen LogP contribution is 2.37. The Morgan fingerprint density at radius 3 is 2.67 bits per heavy atom. The van der Waals surface area contributed by atoms with Crippen LogP contribution in [0.2, 0.25) is 0 Å². The Bertz CT molecular complexity index is 534.